The van der Waals surface area contributed by atoms with Gasteiger partial charge in [-0.1, -0.05) is 11.6 Å². The van der Waals surface area contributed by atoms with Gasteiger partial charge in [0, 0.05) is 5.56 Å². The molecule has 4 nitrogen and oxygen atoms in total. The highest BCUT2D eigenvalue weighted by molar-refractivity contribution is 6.99. The van der Waals surface area contributed by atoms with Crippen LogP contribution in [0.1, 0.15) is 10.4 Å². The van der Waals surface area contributed by atoms with Gasteiger partial charge in [0.1, 0.15) is 0 Å². The first-order valence-corrected chi connectivity index (χ1v) is 5.13. The largest absolute Gasteiger partial charge is 0.284 e. The molecule has 7 heteroatoms. The van der Waals surface area contributed by atoms with Gasteiger partial charge in [-0.05, 0) is 47.5 Å². The third-order valence-corrected chi connectivity index (χ3v) is 2.31. The SMILES string of the molecule is O=C(Cl)/C(Cl)=N/Nc1ccc(C(=O)Cl)cc1. The molecule has 1 rings (SSSR count). The molecule has 0 amide bonds. The Labute approximate surface area is 106 Å². The summed E-state index contributed by atoms with van der Waals surface area (Å²) in [5, 5.41) is 1.71. The Morgan fingerprint density at radius 1 is 1.06 bits per heavy atom. The Balaban J connectivity index is 2.73. The molecule has 0 heterocycles. The Hall–Kier alpha value is -1.10. The average Bonchev–Trinajstić information content (AvgIpc) is 2.26. The number of carbonyl (C=O) groups is 2. The zero-order valence-electron chi connectivity index (χ0n) is 7.71. The summed E-state index contributed by atoms with van der Waals surface area (Å²) in [6.07, 6.45) is 0. The molecule has 0 spiro atoms. The molecular formula is C9H5Cl3N2O2. The first kappa shape index (κ1) is 13.0. The van der Waals surface area contributed by atoms with Crippen LogP contribution in [0.3, 0.4) is 0 Å². The van der Waals surface area contributed by atoms with Crippen molar-refractivity contribution in [3.8, 4) is 0 Å². The van der Waals surface area contributed by atoms with E-state index < -0.39 is 10.5 Å². The standard InChI is InChI=1S/C9H5Cl3N2O2/c10-7(9(12)16)14-13-6-3-1-5(2-4-6)8(11)15/h1-4,13H/b14-7-. The maximum atomic E-state index is 10.7. The van der Waals surface area contributed by atoms with Crippen LogP contribution < -0.4 is 5.43 Å². The minimum atomic E-state index is -0.860. The lowest BCUT2D eigenvalue weighted by atomic mass is 10.2. The van der Waals surface area contributed by atoms with Crippen LogP contribution in [0.2, 0.25) is 0 Å². The van der Waals surface area contributed by atoms with Gasteiger partial charge < -0.3 is 0 Å². The quantitative estimate of drug-likeness (QED) is 0.524. The second-order valence-electron chi connectivity index (χ2n) is 2.64. The van der Waals surface area contributed by atoms with Crippen LogP contribution in [0.4, 0.5) is 5.69 Å². The summed E-state index contributed by atoms with van der Waals surface area (Å²) in [7, 11) is 0. The molecule has 0 bridgehead atoms. The van der Waals surface area contributed by atoms with Crippen molar-refractivity contribution in [1.29, 1.82) is 0 Å². The van der Waals surface area contributed by atoms with Crippen molar-refractivity contribution in [3.63, 3.8) is 0 Å². The number of nitrogens with one attached hydrogen (secondary N) is 1. The summed E-state index contributed by atoms with van der Waals surface area (Å²) in [6.45, 7) is 0. The number of carbonyl (C=O) groups excluding carboxylic acids is 2. The van der Waals surface area contributed by atoms with E-state index in [-0.39, 0.29) is 5.17 Å². The van der Waals surface area contributed by atoms with Crippen LogP contribution in [-0.2, 0) is 4.79 Å². The lowest BCUT2D eigenvalue weighted by Crippen LogP contribution is -2.02. The van der Waals surface area contributed by atoms with Gasteiger partial charge in [0.2, 0.25) is 5.17 Å². The van der Waals surface area contributed by atoms with E-state index in [1.165, 1.54) is 12.1 Å². The lowest BCUT2D eigenvalue weighted by molar-refractivity contribution is -0.106. The van der Waals surface area contributed by atoms with Gasteiger partial charge in [0.05, 0.1) is 5.69 Å². The molecule has 1 aromatic rings. The number of rotatable bonds is 4. The summed E-state index contributed by atoms with van der Waals surface area (Å²) in [4.78, 5) is 21.3. The molecule has 1 aromatic carbocycles. The third kappa shape index (κ3) is 3.81. The van der Waals surface area contributed by atoms with Gasteiger partial charge in [-0.25, -0.2) is 0 Å². The van der Waals surface area contributed by atoms with Gasteiger partial charge in [-0.3, -0.25) is 15.0 Å². The number of anilines is 1. The van der Waals surface area contributed by atoms with E-state index in [9.17, 15) is 9.59 Å². The summed E-state index contributed by atoms with van der Waals surface area (Å²) in [5.74, 6) is 0. The molecule has 0 radical (unpaired) electrons. The highest BCUT2D eigenvalue weighted by Crippen LogP contribution is 2.11. The zero-order chi connectivity index (χ0) is 12.1. The fraction of sp³-hybridized carbons (Fsp3) is 0. The summed E-state index contributed by atoms with van der Waals surface area (Å²) >= 11 is 15.7. The van der Waals surface area contributed by atoms with Crippen LogP contribution in [0.15, 0.2) is 29.4 Å². The van der Waals surface area contributed by atoms with Crippen LogP contribution in [0, 0.1) is 0 Å². The monoisotopic (exact) mass is 278 g/mol. The molecular weight excluding hydrogens is 274 g/mol. The van der Waals surface area contributed by atoms with Gasteiger partial charge in [-0.2, -0.15) is 5.10 Å². The minimum Gasteiger partial charge on any atom is -0.277 e. The number of hydrogen-bond acceptors (Lipinski definition) is 4. The smallest absolute Gasteiger partial charge is 0.277 e. The van der Waals surface area contributed by atoms with Crippen molar-refractivity contribution in [2.45, 2.75) is 0 Å². The van der Waals surface area contributed by atoms with E-state index in [0.717, 1.165) is 0 Å². The van der Waals surface area contributed by atoms with Crippen molar-refractivity contribution < 1.29 is 9.59 Å². The topological polar surface area (TPSA) is 58.5 Å². The number of hydrogen-bond donors (Lipinski definition) is 1. The molecule has 0 aliphatic carbocycles. The van der Waals surface area contributed by atoms with E-state index in [1.54, 1.807) is 12.1 Å². The molecule has 0 saturated carbocycles. The fourth-order valence-electron chi connectivity index (χ4n) is 0.833. The molecule has 0 saturated heterocycles. The van der Waals surface area contributed by atoms with Crippen LogP contribution in [0.5, 0.6) is 0 Å². The molecule has 0 atom stereocenters. The fourth-order valence-corrected chi connectivity index (χ4v) is 1.04. The predicted octanol–water partition coefficient (Wildman–Crippen LogP) is 2.80. The van der Waals surface area contributed by atoms with E-state index in [0.29, 0.717) is 11.3 Å². The lowest BCUT2D eigenvalue weighted by Gasteiger charge is -2.00. The molecule has 84 valence electrons. The molecule has 1 N–H and O–H groups in total. The maximum Gasteiger partial charge on any atom is 0.284 e. The number of hydrazone groups is 1. The summed E-state index contributed by atoms with van der Waals surface area (Å²) in [6, 6.07) is 6.12. The van der Waals surface area contributed by atoms with Crippen molar-refractivity contribution in [3.05, 3.63) is 29.8 Å². The van der Waals surface area contributed by atoms with Crippen LogP contribution in [0.25, 0.3) is 0 Å². The number of benzene rings is 1. The van der Waals surface area contributed by atoms with E-state index in [2.05, 4.69) is 10.5 Å². The predicted molar refractivity (Wildman–Crippen MR) is 64.4 cm³/mol. The Morgan fingerprint density at radius 3 is 2.06 bits per heavy atom. The van der Waals surface area contributed by atoms with E-state index >= 15 is 0 Å². The van der Waals surface area contributed by atoms with Gasteiger partial charge in [0.15, 0.2) is 0 Å². The summed E-state index contributed by atoms with van der Waals surface area (Å²) in [5.41, 5.74) is 3.38. The molecule has 0 aromatic heterocycles. The highest BCUT2D eigenvalue weighted by atomic mass is 35.5. The van der Waals surface area contributed by atoms with Gasteiger partial charge >= 0.3 is 0 Å². The molecule has 0 aliphatic heterocycles. The maximum absolute atomic E-state index is 10.7. The second-order valence-corrected chi connectivity index (χ2v) is 3.68. The minimum absolute atomic E-state index is 0.357. The van der Waals surface area contributed by atoms with E-state index in [1.807, 2.05) is 0 Å². The van der Waals surface area contributed by atoms with Crippen LogP contribution >= 0.6 is 34.8 Å². The molecule has 16 heavy (non-hydrogen) atoms. The number of halogens is 3. The molecule has 0 fully saturated rings. The first-order chi connectivity index (χ1) is 7.50. The normalized spacial score (nSPS) is 11.1. The third-order valence-electron chi connectivity index (χ3n) is 1.56. The molecule has 0 unspecified atom stereocenters. The van der Waals surface area contributed by atoms with Crippen LogP contribution in [-0.4, -0.2) is 15.7 Å². The first-order valence-electron chi connectivity index (χ1n) is 3.99. The second kappa shape index (κ2) is 5.84. The van der Waals surface area contributed by atoms with Gasteiger partial charge in [-0.15, -0.1) is 0 Å². The highest BCUT2D eigenvalue weighted by Gasteiger charge is 2.04. The Bertz CT molecular complexity index is 443. The average molecular weight is 280 g/mol. The van der Waals surface area contributed by atoms with Crippen molar-refractivity contribution in [1.82, 2.24) is 0 Å². The van der Waals surface area contributed by atoms with Crippen molar-refractivity contribution in [2.24, 2.45) is 5.10 Å². The molecule has 0 aliphatic rings. The van der Waals surface area contributed by atoms with Gasteiger partial charge in [0.25, 0.3) is 10.5 Å². The van der Waals surface area contributed by atoms with Crippen molar-refractivity contribution in [2.75, 3.05) is 5.43 Å². The Morgan fingerprint density at radius 2 is 1.62 bits per heavy atom. The zero-order valence-corrected chi connectivity index (χ0v) is 9.97. The summed E-state index contributed by atoms with van der Waals surface area (Å²) < 4.78 is 0. The Kier molecular flexibility index (Phi) is 4.73. The number of nitrogens with zero attached hydrogens (tertiary/aromatic N) is 1. The van der Waals surface area contributed by atoms with Crippen molar-refractivity contribution >= 4 is 56.1 Å². The van der Waals surface area contributed by atoms with E-state index in [4.69, 9.17) is 34.8 Å².